The highest BCUT2D eigenvalue weighted by Crippen LogP contribution is 2.38. The van der Waals surface area contributed by atoms with Crippen molar-refractivity contribution in [2.75, 3.05) is 23.7 Å². The van der Waals surface area contributed by atoms with E-state index in [-0.39, 0.29) is 17.1 Å². The maximum atomic E-state index is 12.9. The smallest absolute Gasteiger partial charge is 0.370 e. The Morgan fingerprint density at radius 1 is 1.14 bits per heavy atom. The third-order valence-corrected chi connectivity index (χ3v) is 4.02. The quantitative estimate of drug-likeness (QED) is 0.839. The molecule has 0 atom stereocenters. The summed E-state index contributed by atoms with van der Waals surface area (Å²) in [6.45, 7) is 5.19. The maximum Gasteiger partial charge on any atom is 0.416 e. The number of hydrogen-bond acceptors (Lipinski definition) is 3. The third kappa shape index (κ3) is 4.25. The van der Waals surface area contributed by atoms with Gasteiger partial charge in [0.1, 0.15) is 11.6 Å². The molecule has 2 N–H and O–H groups in total. The van der Waals surface area contributed by atoms with E-state index in [1.54, 1.807) is 0 Å². The number of pyridine rings is 1. The van der Waals surface area contributed by atoms with Gasteiger partial charge in [-0.05, 0) is 37.3 Å². The van der Waals surface area contributed by atoms with Crippen LogP contribution in [0.5, 0.6) is 0 Å². The van der Waals surface area contributed by atoms with Crippen molar-refractivity contribution in [3.8, 4) is 0 Å². The van der Waals surface area contributed by atoms with Crippen molar-refractivity contribution in [3.63, 3.8) is 0 Å². The van der Waals surface area contributed by atoms with Gasteiger partial charge in [0.2, 0.25) is 0 Å². The molecule has 1 aliphatic rings. The van der Waals surface area contributed by atoms with Gasteiger partial charge in [-0.1, -0.05) is 19.8 Å². The predicted molar refractivity (Wildman–Crippen MR) is 78.5 cm³/mol. The van der Waals surface area contributed by atoms with E-state index in [1.165, 1.54) is 12.8 Å². The second-order valence-corrected chi connectivity index (χ2v) is 6.03. The SMILES string of the molecule is CCNc1cc(C(F)(F)F)cc(NCC2(C)CCCC2)n1. The van der Waals surface area contributed by atoms with Crippen LogP contribution in [0, 0.1) is 5.41 Å². The Morgan fingerprint density at radius 2 is 1.71 bits per heavy atom. The van der Waals surface area contributed by atoms with Crippen LogP contribution in [0.4, 0.5) is 24.8 Å². The molecule has 1 aromatic heterocycles. The Bertz CT molecular complexity index is 480. The van der Waals surface area contributed by atoms with Crippen molar-refractivity contribution < 1.29 is 13.2 Å². The third-order valence-electron chi connectivity index (χ3n) is 4.02. The molecule has 1 aromatic rings. The minimum Gasteiger partial charge on any atom is -0.370 e. The number of alkyl halides is 3. The molecule has 0 spiro atoms. The molecule has 1 heterocycles. The van der Waals surface area contributed by atoms with Gasteiger partial charge < -0.3 is 10.6 Å². The number of nitrogens with one attached hydrogen (secondary N) is 2. The second-order valence-electron chi connectivity index (χ2n) is 6.03. The summed E-state index contributed by atoms with van der Waals surface area (Å²) in [7, 11) is 0. The summed E-state index contributed by atoms with van der Waals surface area (Å²) >= 11 is 0. The van der Waals surface area contributed by atoms with Crippen LogP contribution in [-0.2, 0) is 6.18 Å². The lowest BCUT2D eigenvalue weighted by Crippen LogP contribution is -2.23. The highest BCUT2D eigenvalue weighted by Gasteiger charge is 2.32. The highest BCUT2D eigenvalue weighted by molar-refractivity contribution is 5.49. The molecular formula is C15H22F3N3. The van der Waals surface area contributed by atoms with Crippen LogP contribution >= 0.6 is 0 Å². The Morgan fingerprint density at radius 3 is 2.24 bits per heavy atom. The molecule has 3 nitrogen and oxygen atoms in total. The molecule has 1 fully saturated rings. The molecule has 6 heteroatoms. The molecule has 0 unspecified atom stereocenters. The number of aromatic nitrogens is 1. The van der Waals surface area contributed by atoms with E-state index in [1.807, 2.05) is 6.92 Å². The summed E-state index contributed by atoms with van der Waals surface area (Å²) in [4.78, 5) is 4.21. The molecule has 0 radical (unpaired) electrons. The van der Waals surface area contributed by atoms with Crippen LogP contribution in [0.1, 0.15) is 45.1 Å². The first-order valence-corrected chi connectivity index (χ1v) is 7.39. The van der Waals surface area contributed by atoms with E-state index in [0.717, 1.165) is 25.0 Å². The van der Waals surface area contributed by atoms with Crippen molar-refractivity contribution in [1.82, 2.24) is 4.98 Å². The van der Waals surface area contributed by atoms with Gasteiger partial charge in [-0.25, -0.2) is 4.98 Å². The van der Waals surface area contributed by atoms with Gasteiger partial charge >= 0.3 is 6.18 Å². The van der Waals surface area contributed by atoms with E-state index in [0.29, 0.717) is 13.1 Å². The molecule has 0 amide bonds. The topological polar surface area (TPSA) is 37.0 Å². The zero-order valence-electron chi connectivity index (χ0n) is 12.5. The van der Waals surface area contributed by atoms with Gasteiger partial charge in [0, 0.05) is 13.1 Å². The number of hydrogen-bond donors (Lipinski definition) is 2. The van der Waals surface area contributed by atoms with Gasteiger partial charge in [-0.2, -0.15) is 13.2 Å². The first-order chi connectivity index (χ1) is 9.82. The standard InChI is InChI=1S/C15H22F3N3/c1-3-19-12-8-11(15(16,17)18)9-13(21-12)20-10-14(2)6-4-5-7-14/h8-9H,3-7,10H2,1-2H3,(H2,19,20,21). The number of rotatable bonds is 5. The zero-order valence-corrected chi connectivity index (χ0v) is 12.5. The van der Waals surface area contributed by atoms with Crippen molar-refractivity contribution in [1.29, 1.82) is 0 Å². The van der Waals surface area contributed by atoms with E-state index in [2.05, 4.69) is 22.5 Å². The average Bonchev–Trinajstić information content (AvgIpc) is 2.83. The molecular weight excluding hydrogens is 279 g/mol. The molecule has 118 valence electrons. The lowest BCUT2D eigenvalue weighted by Gasteiger charge is -2.24. The molecule has 1 saturated carbocycles. The minimum atomic E-state index is -4.36. The van der Waals surface area contributed by atoms with Crippen LogP contribution in [-0.4, -0.2) is 18.1 Å². The molecule has 0 aliphatic heterocycles. The van der Waals surface area contributed by atoms with Crippen molar-refractivity contribution in [2.24, 2.45) is 5.41 Å². The van der Waals surface area contributed by atoms with Crippen LogP contribution in [0.15, 0.2) is 12.1 Å². The maximum absolute atomic E-state index is 12.9. The summed E-state index contributed by atoms with van der Waals surface area (Å²) in [5.41, 5.74) is -0.513. The summed E-state index contributed by atoms with van der Waals surface area (Å²) in [5.74, 6) is 0.542. The molecule has 0 aromatic carbocycles. The van der Waals surface area contributed by atoms with E-state index in [4.69, 9.17) is 0 Å². The van der Waals surface area contributed by atoms with Crippen molar-refractivity contribution in [2.45, 2.75) is 45.7 Å². The lowest BCUT2D eigenvalue weighted by molar-refractivity contribution is -0.137. The van der Waals surface area contributed by atoms with Crippen LogP contribution in [0.2, 0.25) is 0 Å². The number of anilines is 2. The largest absolute Gasteiger partial charge is 0.416 e. The van der Waals surface area contributed by atoms with E-state index >= 15 is 0 Å². The summed E-state index contributed by atoms with van der Waals surface area (Å²) in [6.07, 6.45) is 0.243. The fourth-order valence-corrected chi connectivity index (χ4v) is 2.77. The lowest BCUT2D eigenvalue weighted by atomic mass is 9.89. The Hall–Kier alpha value is -1.46. The molecule has 0 saturated heterocycles. The average molecular weight is 301 g/mol. The summed E-state index contributed by atoms with van der Waals surface area (Å²) in [5, 5.41) is 5.93. The van der Waals surface area contributed by atoms with E-state index in [9.17, 15) is 13.2 Å². The Kier molecular flexibility index (Phi) is 4.64. The molecule has 1 aliphatic carbocycles. The second kappa shape index (κ2) is 6.12. The van der Waals surface area contributed by atoms with E-state index < -0.39 is 11.7 Å². The number of nitrogens with zero attached hydrogens (tertiary/aromatic N) is 1. The fourth-order valence-electron chi connectivity index (χ4n) is 2.77. The molecule has 0 bridgehead atoms. The zero-order chi connectivity index (χ0) is 15.5. The Balaban J connectivity index is 2.15. The van der Waals surface area contributed by atoms with Gasteiger partial charge in [-0.15, -0.1) is 0 Å². The predicted octanol–water partition coefficient (Wildman–Crippen LogP) is 4.52. The minimum absolute atomic E-state index is 0.161. The monoisotopic (exact) mass is 301 g/mol. The van der Waals surface area contributed by atoms with Crippen LogP contribution in [0.3, 0.4) is 0 Å². The van der Waals surface area contributed by atoms with Crippen molar-refractivity contribution >= 4 is 11.6 Å². The van der Waals surface area contributed by atoms with Gasteiger partial charge in [0.15, 0.2) is 0 Å². The fraction of sp³-hybridized carbons (Fsp3) is 0.667. The van der Waals surface area contributed by atoms with Crippen molar-refractivity contribution in [3.05, 3.63) is 17.7 Å². The summed E-state index contributed by atoms with van der Waals surface area (Å²) < 4.78 is 38.8. The normalized spacial score (nSPS) is 17.8. The first-order valence-electron chi connectivity index (χ1n) is 7.39. The Labute approximate surface area is 123 Å². The highest BCUT2D eigenvalue weighted by atomic mass is 19.4. The number of halogens is 3. The summed E-state index contributed by atoms with van der Waals surface area (Å²) in [6, 6.07) is 2.13. The van der Waals surface area contributed by atoms with Gasteiger partial charge in [-0.3, -0.25) is 0 Å². The molecule has 2 rings (SSSR count). The first kappa shape index (κ1) is 15.9. The van der Waals surface area contributed by atoms with Gasteiger partial charge in [0.05, 0.1) is 5.56 Å². The van der Waals surface area contributed by atoms with Crippen LogP contribution < -0.4 is 10.6 Å². The molecule has 21 heavy (non-hydrogen) atoms. The van der Waals surface area contributed by atoms with Crippen LogP contribution in [0.25, 0.3) is 0 Å². The van der Waals surface area contributed by atoms with Gasteiger partial charge in [0.25, 0.3) is 0 Å².